The second kappa shape index (κ2) is 7.66. The number of aryl methyl sites for hydroxylation is 1. The number of thioether (sulfide) groups is 1. The van der Waals surface area contributed by atoms with Crippen molar-refractivity contribution in [1.29, 1.82) is 0 Å². The fourth-order valence-corrected chi connectivity index (χ4v) is 2.62. The summed E-state index contributed by atoms with van der Waals surface area (Å²) in [7, 11) is 0. The Morgan fingerprint density at radius 2 is 1.59 bits per heavy atom. The van der Waals surface area contributed by atoms with Crippen molar-refractivity contribution < 1.29 is 9.59 Å². The standard InChI is InChI=1S/C17H18N2O2S/c1-12-2-8-15(9-3-12)22-11-10-19-17(21)14-6-4-13(5-7-14)16(18)20/h2-9H,10-11H2,1H3,(H2,18,20)(H,19,21). The van der Waals surface area contributed by atoms with Gasteiger partial charge in [0.05, 0.1) is 0 Å². The van der Waals surface area contributed by atoms with Crippen LogP contribution in [0.15, 0.2) is 53.4 Å². The van der Waals surface area contributed by atoms with Gasteiger partial charge in [0.25, 0.3) is 5.91 Å². The van der Waals surface area contributed by atoms with E-state index in [2.05, 4.69) is 36.5 Å². The van der Waals surface area contributed by atoms with Crippen LogP contribution in [-0.4, -0.2) is 24.1 Å². The Labute approximate surface area is 134 Å². The Hall–Kier alpha value is -2.27. The number of primary amides is 1. The van der Waals surface area contributed by atoms with E-state index in [4.69, 9.17) is 5.73 Å². The number of carbonyl (C=O) groups is 2. The van der Waals surface area contributed by atoms with Crippen LogP contribution in [0.4, 0.5) is 0 Å². The molecule has 0 saturated heterocycles. The monoisotopic (exact) mass is 314 g/mol. The summed E-state index contributed by atoms with van der Waals surface area (Å²) in [6, 6.07) is 14.6. The summed E-state index contributed by atoms with van der Waals surface area (Å²) in [6.45, 7) is 2.63. The molecule has 0 fully saturated rings. The van der Waals surface area contributed by atoms with E-state index in [1.54, 1.807) is 36.0 Å². The van der Waals surface area contributed by atoms with Crippen molar-refractivity contribution >= 4 is 23.6 Å². The second-order valence-corrected chi connectivity index (χ2v) is 6.03. The van der Waals surface area contributed by atoms with Crippen LogP contribution < -0.4 is 11.1 Å². The van der Waals surface area contributed by atoms with Gasteiger partial charge in [0.1, 0.15) is 0 Å². The molecule has 2 rings (SSSR count). The zero-order valence-electron chi connectivity index (χ0n) is 12.3. The molecule has 22 heavy (non-hydrogen) atoms. The highest BCUT2D eigenvalue weighted by Crippen LogP contribution is 2.17. The molecule has 0 heterocycles. The van der Waals surface area contributed by atoms with Crippen molar-refractivity contribution in [2.24, 2.45) is 5.73 Å². The topological polar surface area (TPSA) is 72.2 Å². The zero-order chi connectivity index (χ0) is 15.9. The SMILES string of the molecule is Cc1ccc(SCCNC(=O)c2ccc(C(N)=O)cc2)cc1. The minimum Gasteiger partial charge on any atom is -0.366 e. The molecule has 3 N–H and O–H groups in total. The first-order valence-electron chi connectivity index (χ1n) is 6.94. The highest BCUT2D eigenvalue weighted by atomic mass is 32.2. The lowest BCUT2D eigenvalue weighted by atomic mass is 10.1. The van der Waals surface area contributed by atoms with Gasteiger partial charge in [-0.2, -0.15) is 0 Å². The predicted molar refractivity (Wildman–Crippen MR) is 89.2 cm³/mol. The molecular formula is C17H18N2O2S. The summed E-state index contributed by atoms with van der Waals surface area (Å²) in [5, 5.41) is 2.85. The van der Waals surface area contributed by atoms with Gasteiger partial charge in [0.15, 0.2) is 0 Å². The lowest BCUT2D eigenvalue weighted by molar-refractivity contribution is 0.0953. The quantitative estimate of drug-likeness (QED) is 0.636. The third-order valence-corrected chi connectivity index (χ3v) is 4.12. The third kappa shape index (κ3) is 4.63. The first kappa shape index (κ1) is 16.1. The van der Waals surface area contributed by atoms with E-state index in [1.165, 1.54) is 10.5 Å². The molecule has 0 saturated carbocycles. The van der Waals surface area contributed by atoms with Crippen LogP contribution in [0.3, 0.4) is 0 Å². The fraction of sp³-hybridized carbons (Fsp3) is 0.176. The van der Waals surface area contributed by atoms with Gasteiger partial charge in [-0.15, -0.1) is 11.8 Å². The van der Waals surface area contributed by atoms with Crippen molar-refractivity contribution in [1.82, 2.24) is 5.32 Å². The van der Waals surface area contributed by atoms with Gasteiger partial charge >= 0.3 is 0 Å². The molecule has 2 aromatic carbocycles. The predicted octanol–water partition coefficient (Wildman–Crippen LogP) is 2.62. The van der Waals surface area contributed by atoms with E-state index >= 15 is 0 Å². The van der Waals surface area contributed by atoms with Gasteiger partial charge < -0.3 is 11.1 Å². The summed E-state index contributed by atoms with van der Waals surface area (Å²) < 4.78 is 0. The molecule has 0 spiro atoms. The number of nitrogens with two attached hydrogens (primary N) is 1. The Morgan fingerprint density at radius 3 is 2.18 bits per heavy atom. The number of carbonyl (C=O) groups excluding carboxylic acids is 2. The maximum Gasteiger partial charge on any atom is 0.251 e. The van der Waals surface area contributed by atoms with E-state index in [1.807, 2.05) is 0 Å². The average Bonchev–Trinajstić information content (AvgIpc) is 2.53. The van der Waals surface area contributed by atoms with Gasteiger partial charge in [-0.25, -0.2) is 0 Å². The molecular weight excluding hydrogens is 296 g/mol. The van der Waals surface area contributed by atoms with Gasteiger partial charge in [0.2, 0.25) is 5.91 Å². The Morgan fingerprint density at radius 1 is 1.00 bits per heavy atom. The van der Waals surface area contributed by atoms with Gasteiger partial charge in [0, 0.05) is 28.3 Å². The largest absolute Gasteiger partial charge is 0.366 e. The van der Waals surface area contributed by atoms with Crippen LogP contribution in [0.25, 0.3) is 0 Å². The molecule has 0 aliphatic rings. The maximum absolute atomic E-state index is 11.9. The van der Waals surface area contributed by atoms with Crippen molar-refractivity contribution in [3.05, 3.63) is 65.2 Å². The van der Waals surface area contributed by atoms with Crippen LogP contribution in [0, 0.1) is 6.92 Å². The summed E-state index contributed by atoms with van der Waals surface area (Å²) in [4.78, 5) is 24.1. The molecule has 0 aliphatic heterocycles. The zero-order valence-corrected chi connectivity index (χ0v) is 13.2. The van der Waals surface area contributed by atoms with Crippen LogP contribution in [0.2, 0.25) is 0 Å². The molecule has 114 valence electrons. The lowest BCUT2D eigenvalue weighted by Gasteiger charge is -2.06. The summed E-state index contributed by atoms with van der Waals surface area (Å²) >= 11 is 1.70. The van der Waals surface area contributed by atoms with E-state index in [9.17, 15) is 9.59 Å². The lowest BCUT2D eigenvalue weighted by Crippen LogP contribution is -2.25. The van der Waals surface area contributed by atoms with Gasteiger partial charge in [-0.3, -0.25) is 9.59 Å². The average molecular weight is 314 g/mol. The minimum atomic E-state index is -0.499. The van der Waals surface area contributed by atoms with Gasteiger partial charge in [-0.1, -0.05) is 17.7 Å². The Kier molecular flexibility index (Phi) is 5.61. The van der Waals surface area contributed by atoms with Crippen molar-refractivity contribution in [2.75, 3.05) is 12.3 Å². The van der Waals surface area contributed by atoms with Crippen molar-refractivity contribution in [2.45, 2.75) is 11.8 Å². The maximum atomic E-state index is 11.9. The Balaban J connectivity index is 1.77. The summed E-state index contributed by atoms with van der Waals surface area (Å²) in [5.41, 5.74) is 7.31. The van der Waals surface area contributed by atoms with Crippen molar-refractivity contribution in [3.63, 3.8) is 0 Å². The van der Waals surface area contributed by atoms with E-state index < -0.39 is 5.91 Å². The van der Waals surface area contributed by atoms with Crippen LogP contribution in [0.1, 0.15) is 26.3 Å². The number of rotatable bonds is 6. The van der Waals surface area contributed by atoms with E-state index in [0.717, 1.165) is 5.75 Å². The molecule has 5 heteroatoms. The van der Waals surface area contributed by atoms with Crippen LogP contribution in [0.5, 0.6) is 0 Å². The third-order valence-electron chi connectivity index (χ3n) is 3.11. The summed E-state index contributed by atoms with van der Waals surface area (Å²) in [5.74, 6) is 0.149. The normalized spacial score (nSPS) is 10.2. The Bertz CT molecular complexity index is 651. The molecule has 0 unspecified atom stereocenters. The molecule has 0 aromatic heterocycles. The molecule has 0 aliphatic carbocycles. The van der Waals surface area contributed by atoms with Gasteiger partial charge in [-0.05, 0) is 43.3 Å². The highest BCUT2D eigenvalue weighted by molar-refractivity contribution is 7.99. The van der Waals surface area contributed by atoms with E-state index in [-0.39, 0.29) is 5.91 Å². The smallest absolute Gasteiger partial charge is 0.251 e. The fourth-order valence-electron chi connectivity index (χ4n) is 1.86. The molecule has 0 atom stereocenters. The molecule has 2 aromatic rings. The molecule has 2 amide bonds. The van der Waals surface area contributed by atoms with E-state index in [0.29, 0.717) is 17.7 Å². The molecule has 0 bridgehead atoms. The van der Waals surface area contributed by atoms with Crippen molar-refractivity contribution in [3.8, 4) is 0 Å². The number of benzene rings is 2. The summed E-state index contributed by atoms with van der Waals surface area (Å²) in [6.07, 6.45) is 0. The van der Waals surface area contributed by atoms with Crippen LogP contribution in [-0.2, 0) is 0 Å². The highest BCUT2D eigenvalue weighted by Gasteiger charge is 2.06. The second-order valence-electron chi connectivity index (χ2n) is 4.86. The number of nitrogens with one attached hydrogen (secondary N) is 1. The first-order chi connectivity index (χ1) is 10.6. The van der Waals surface area contributed by atoms with Crippen LogP contribution >= 0.6 is 11.8 Å². The molecule has 0 radical (unpaired) electrons. The number of hydrogen-bond donors (Lipinski definition) is 2. The minimum absolute atomic E-state index is 0.152. The first-order valence-corrected chi connectivity index (χ1v) is 7.92. The molecule has 4 nitrogen and oxygen atoms in total. The number of hydrogen-bond acceptors (Lipinski definition) is 3. The number of amides is 2.